The van der Waals surface area contributed by atoms with Gasteiger partial charge in [0, 0.05) is 0 Å². The minimum absolute atomic E-state index is 0.466. The lowest BCUT2D eigenvalue weighted by atomic mass is 9.60. The predicted octanol–water partition coefficient (Wildman–Crippen LogP) is 6.34. The van der Waals surface area contributed by atoms with Crippen LogP contribution in [0, 0.1) is 23.2 Å². The Balaban J connectivity index is 1.70. The Labute approximate surface area is 172 Å². The first-order valence-electron chi connectivity index (χ1n) is 11.8. The van der Waals surface area contributed by atoms with Crippen molar-refractivity contribution in [3.8, 4) is 0 Å². The molecule has 2 heteroatoms. The fourth-order valence-corrected chi connectivity index (χ4v) is 6.56. The summed E-state index contributed by atoms with van der Waals surface area (Å²) in [7, 11) is 0. The van der Waals surface area contributed by atoms with Gasteiger partial charge in [0.25, 0.3) is 0 Å². The lowest BCUT2D eigenvalue weighted by Crippen LogP contribution is -2.36. The molecule has 3 rings (SSSR count). The molecule has 0 aromatic heterocycles. The van der Waals surface area contributed by atoms with Crippen LogP contribution in [0.3, 0.4) is 0 Å². The molecule has 3 aliphatic rings. The third kappa shape index (κ3) is 4.49. The molecule has 0 radical (unpaired) electrons. The highest BCUT2D eigenvalue weighted by molar-refractivity contribution is 5.29. The van der Waals surface area contributed by atoms with Crippen molar-refractivity contribution < 1.29 is 10.2 Å². The van der Waals surface area contributed by atoms with E-state index in [9.17, 15) is 10.2 Å². The van der Waals surface area contributed by atoms with Crippen molar-refractivity contribution in [3.05, 3.63) is 35.5 Å². The van der Waals surface area contributed by atoms with E-state index in [4.69, 9.17) is 0 Å². The molecule has 28 heavy (non-hydrogen) atoms. The van der Waals surface area contributed by atoms with Gasteiger partial charge in [-0.2, -0.15) is 0 Å². The van der Waals surface area contributed by atoms with E-state index in [1.807, 2.05) is 0 Å². The second-order valence-corrected chi connectivity index (χ2v) is 10.2. The van der Waals surface area contributed by atoms with Gasteiger partial charge in [-0.3, -0.25) is 0 Å². The molecule has 2 N–H and O–H groups in total. The fraction of sp³-hybridized carbons (Fsp3) is 0.769. The van der Waals surface area contributed by atoms with E-state index in [1.54, 1.807) is 5.57 Å². The number of fused-ring (bicyclic) bond motifs is 1. The summed E-state index contributed by atoms with van der Waals surface area (Å²) in [4.78, 5) is 0. The van der Waals surface area contributed by atoms with Gasteiger partial charge in [-0.15, -0.1) is 0 Å². The topological polar surface area (TPSA) is 40.5 Å². The number of rotatable bonds is 6. The Morgan fingerprint density at radius 2 is 1.86 bits per heavy atom. The van der Waals surface area contributed by atoms with Crippen LogP contribution in [-0.2, 0) is 0 Å². The third-order valence-corrected chi connectivity index (χ3v) is 8.29. The highest BCUT2D eigenvalue weighted by atomic mass is 16.3. The summed E-state index contributed by atoms with van der Waals surface area (Å²) in [6.45, 7) is 11.2. The first kappa shape index (κ1) is 21.8. The summed E-state index contributed by atoms with van der Waals surface area (Å²) in [6, 6.07) is 0. The van der Waals surface area contributed by atoms with Crippen LogP contribution < -0.4 is 0 Å². The van der Waals surface area contributed by atoms with E-state index >= 15 is 0 Å². The average molecular weight is 387 g/mol. The molecule has 3 aliphatic carbocycles. The number of hydrogen-bond acceptors (Lipinski definition) is 2. The summed E-state index contributed by atoms with van der Waals surface area (Å²) in [5.74, 6) is 2.44. The van der Waals surface area contributed by atoms with Gasteiger partial charge in [-0.1, -0.05) is 76.3 Å². The molecule has 0 bridgehead atoms. The molecule has 0 amide bonds. The van der Waals surface area contributed by atoms with Crippen LogP contribution in [0.25, 0.3) is 0 Å². The van der Waals surface area contributed by atoms with E-state index in [2.05, 4.69) is 39.5 Å². The number of hydrogen-bond donors (Lipinski definition) is 2. The summed E-state index contributed by atoms with van der Waals surface area (Å²) in [6.07, 6.45) is 16.7. The van der Waals surface area contributed by atoms with Crippen molar-refractivity contribution in [2.75, 3.05) is 0 Å². The van der Waals surface area contributed by atoms with E-state index in [-0.39, 0.29) is 0 Å². The van der Waals surface area contributed by atoms with Gasteiger partial charge in [0.1, 0.15) is 0 Å². The van der Waals surface area contributed by atoms with Crippen molar-refractivity contribution in [2.45, 2.75) is 104 Å². The lowest BCUT2D eigenvalue weighted by Gasteiger charge is -2.44. The van der Waals surface area contributed by atoms with Crippen molar-refractivity contribution >= 4 is 0 Å². The predicted molar refractivity (Wildman–Crippen MR) is 118 cm³/mol. The Morgan fingerprint density at radius 1 is 1.14 bits per heavy atom. The molecule has 0 saturated heterocycles. The highest BCUT2D eigenvalue weighted by Crippen LogP contribution is 2.59. The number of allylic oxidation sites excluding steroid dienone is 3. The van der Waals surface area contributed by atoms with Crippen LogP contribution in [0.2, 0.25) is 0 Å². The van der Waals surface area contributed by atoms with E-state index < -0.39 is 12.2 Å². The Morgan fingerprint density at radius 3 is 2.54 bits per heavy atom. The molecule has 158 valence electrons. The zero-order chi connectivity index (χ0) is 20.3. The van der Waals surface area contributed by atoms with Crippen molar-refractivity contribution in [1.29, 1.82) is 0 Å². The summed E-state index contributed by atoms with van der Waals surface area (Å²) >= 11 is 0. The van der Waals surface area contributed by atoms with E-state index in [0.717, 1.165) is 23.3 Å². The maximum atomic E-state index is 10.1. The van der Waals surface area contributed by atoms with Gasteiger partial charge in [0.15, 0.2) is 0 Å². The number of aliphatic hydroxyl groups excluding tert-OH is 2. The first-order chi connectivity index (χ1) is 13.4. The average Bonchev–Trinajstić information content (AvgIpc) is 3.02. The van der Waals surface area contributed by atoms with Crippen molar-refractivity contribution in [2.24, 2.45) is 23.2 Å². The molecule has 3 saturated carbocycles. The summed E-state index contributed by atoms with van der Waals surface area (Å²) in [5.41, 5.74) is 3.83. The second kappa shape index (κ2) is 9.30. The lowest BCUT2D eigenvalue weighted by molar-refractivity contribution is 0.0932. The fourth-order valence-electron chi connectivity index (χ4n) is 6.56. The van der Waals surface area contributed by atoms with Gasteiger partial charge in [-0.25, -0.2) is 0 Å². The van der Waals surface area contributed by atoms with Gasteiger partial charge in [0.2, 0.25) is 0 Å². The van der Waals surface area contributed by atoms with E-state index in [0.29, 0.717) is 23.8 Å². The van der Waals surface area contributed by atoms with Crippen molar-refractivity contribution in [3.63, 3.8) is 0 Å². The zero-order valence-corrected chi connectivity index (χ0v) is 18.4. The normalized spacial score (nSPS) is 38.5. The molecular formula is C26H42O2. The molecule has 0 aromatic rings. The van der Waals surface area contributed by atoms with Crippen LogP contribution in [0.1, 0.15) is 91.4 Å². The SMILES string of the molecule is C=C1[C@H](O)CC(=C/C=C2\CCC[C@]3(C)[C@@H]([C@H](C)CCCCC)CC[C@@H]23)C[C@H]1O. The Bertz CT molecular complexity index is 600. The highest BCUT2D eigenvalue weighted by Gasteiger charge is 2.50. The first-order valence-corrected chi connectivity index (χ1v) is 11.8. The molecule has 0 spiro atoms. The van der Waals surface area contributed by atoms with Crippen LogP contribution in [-0.4, -0.2) is 22.4 Å². The standard InChI is InChI=1S/C26H42O2/c1-5-6-7-9-18(2)22-13-14-23-21(10-8-15-26(22,23)4)12-11-20-16-24(27)19(3)25(28)17-20/h11-12,18,22-25,27-28H,3,5-10,13-17H2,1-2,4H3/b21-12+/t18-,22-,23+,24-,25-,26-/m1/s1. The van der Waals surface area contributed by atoms with Crippen LogP contribution in [0.15, 0.2) is 35.5 Å². The van der Waals surface area contributed by atoms with Crippen LogP contribution >= 0.6 is 0 Å². The molecule has 3 fully saturated rings. The minimum Gasteiger partial charge on any atom is -0.388 e. The van der Waals surface area contributed by atoms with Gasteiger partial charge >= 0.3 is 0 Å². The molecule has 0 heterocycles. The molecular weight excluding hydrogens is 344 g/mol. The molecule has 2 nitrogen and oxygen atoms in total. The van der Waals surface area contributed by atoms with Gasteiger partial charge in [0.05, 0.1) is 12.2 Å². The number of unbranched alkanes of at least 4 members (excludes halogenated alkanes) is 2. The summed E-state index contributed by atoms with van der Waals surface area (Å²) in [5, 5.41) is 20.2. The van der Waals surface area contributed by atoms with Crippen molar-refractivity contribution in [1.82, 2.24) is 0 Å². The van der Waals surface area contributed by atoms with E-state index in [1.165, 1.54) is 57.8 Å². The van der Waals surface area contributed by atoms with Crippen LogP contribution in [0.5, 0.6) is 0 Å². The zero-order valence-electron chi connectivity index (χ0n) is 18.4. The molecule has 0 aliphatic heterocycles. The number of aliphatic hydroxyl groups is 2. The van der Waals surface area contributed by atoms with Gasteiger partial charge < -0.3 is 10.2 Å². The second-order valence-electron chi connectivity index (χ2n) is 10.2. The molecule has 0 aromatic carbocycles. The maximum Gasteiger partial charge on any atom is 0.0809 e. The molecule has 6 atom stereocenters. The van der Waals surface area contributed by atoms with Crippen LogP contribution in [0.4, 0.5) is 0 Å². The minimum atomic E-state index is -0.593. The largest absolute Gasteiger partial charge is 0.388 e. The Kier molecular flexibility index (Phi) is 7.26. The summed E-state index contributed by atoms with van der Waals surface area (Å²) < 4.78 is 0. The third-order valence-electron chi connectivity index (χ3n) is 8.29. The monoisotopic (exact) mass is 386 g/mol. The quantitative estimate of drug-likeness (QED) is 0.413. The Hall–Kier alpha value is -0.860. The smallest absolute Gasteiger partial charge is 0.0809 e. The molecule has 0 unspecified atom stereocenters. The van der Waals surface area contributed by atoms with Gasteiger partial charge in [-0.05, 0) is 73.7 Å². The maximum absolute atomic E-state index is 10.1.